The van der Waals surface area contributed by atoms with Gasteiger partial charge in [-0.25, -0.2) is 0 Å². The van der Waals surface area contributed by atoms with Crippen molar-refractivity contribution in [2.75, 3.05) is 0 Å². The lowest BCUT2D eigenvalue weighted by Gasteiger charge is -2.25. The molecule has 2 aromatic carbocycles. The van der Waals surface area contributed by atoms with E-state index in [1.807, 2.05) is 24.3 Å². The van der Waals surface area contributed by atoms with E-state index in [-0.39, 0.29) is 24.2 Å². The smallest absolute Gasteiger partial charge is 0.405 e. The zero-order valence-electron chi connectivity index (χ0n) is 11.0. The Balaban J connectivity index is 1.98. The number of alkyl halides is 3. The van der Waals surface area contributed by atoms with Gasteiger partial charge in [-0.1, -0.05) is 42.5 Å². The first-order valence-corrected chi connectivity index (χ1v) is 6.52. The van der Waals surface area contributed by atoms with E-state index in [0.717, 1.165) is 11.1 Å². The van der Waals surface area contributed by atoms with E-state index in [1.54, 1.807) is 6.07 Å². The third-order valence-electron chi connectivity index (χ3n) is 3.70. The van der Waals surface area contributed by atoms with Crippen molar-refractivity contribution in [1.82, 2.24) is 0 Å². The summed E-state index contributed by atoms with van der Waals surface area (Å²) in [5, 5.41) is 10.8. The van der Waals surface area contributed by atoms with E-state index in [1.165, 1.54) is 18.2 Å². The number of benzene rings is 2. The lowest BCUT2D eigenvalue weighted by Crippen LogP contribution is -2.28. The number of para-hydroxylation sites is 1. The molecule has 0 spiro atoms. The molecule has 0 aromatic heterocycles. The van der Waals surface area contributed by atoms with Gasteiger partial charge >= 0.3 is 6.36 Å². The van der Waals surface area contributed by atoms with E-state index in [4.69, 9.17) is 0 Å². The van der Waals surface area contributed by atoms with Crippen LogP contribution in [-0.2, 0) is 18.4 Å². The van der Waals surface area contributed by atoms with E-state index < -0.39 is 12.0 Å². The Kier molecular flexibility index (Phi) is 3.17. The first-order chi connectivity index (χ1) is 9.87. The predicted molar refractivity (Wildman–Crippen MR) is 70.9 cm³/mol. The van der Waals surface area contributed by atoms with Crippen LogP contribution in [0.1, 0.15) is 16.7 Å². The van der Waals surface area contributed by atoms with Crippen LogP contribution < -0.4 is 4.74 Å². The van der Waals surface area contributed by atoms with Crippen LogP contribution in [0.15, 0.2) is 48.5 Å². The number of halogens is 3. The van der Waals surface area contributed by atoms with E-state index >= 15 is 0 Å². The summed E-state index contributed by atoms with van der Waals surface area (Å²) in [4.78, 5) is 0. The highest BCUT2D eigenvalue weighted by atomic mass is 19.4. The molecule has 5 heteroatoms. The van der Waals surface area contributed by atoms with Gasteiger partial charge in [0.05, 0.1) is 0 Å². The van der Waals surface area contributed by atoms with Crippen molar-refractivity contribution < 1.29 is 23.0 Å². The van der Waals surface area contributed by atoms with Gasteiger partial charge in [0.25, 0.3) is 0 Å². The van der Waals surface area contributed by atoms with Crippen LogP contribution in [0, 0.1) is 0 Å². The van der Waals surface area contributed by atoms with Crippen molar-refractivity contribution in [3.05, 3.63) is 65.2 Å². The highest BCUT2D eigenvalue weighted by Crippen LogP contribution is 2.42. The number of ether oxygens (including phenoxy) is 1. The molecule has 3 rings (SSSR count). The summed E-state index contributed by atoms with van der Waals surface area (Å²) < 4.78 is 41.5. The quantitative estimate of drug-likeness (QED) is 0.917. The van der Waals surface area contributed by atoms with Crippen molar-refractivity contribution in [3.63, 3.8) is 0 Å². The first kappa shape index (κ1) is 13.9. The molecule has 1 N–H and O–H groups in total. The number of hydrogen-bond acceptors (Lipinski definition) is 2. The molecule has 0 saturated heterocycles. The molecule has 2 nitrogen and oxygen atoms in total. The van der Waals surface area contributed by atoms with E-state index in [2.05, 4.69) is 4.74 Å². The van der Waals surface area contributed by atoms with E-state index in [0.29, 0.717) is 0 Å². The summed E-state index contributed by atoms with van der Waals surface area (Å²) in [7, 11) is 0. The molecule has 21 heavy (non-hydrogen) atoms. The summed E-state index contributed by atoms with van der Waals surface area (Å²) in [6.07, 6.45) is -4.22. The van der Waals surface area contributed by atoms with Crippen LogP contribution in [0.4, 0.5) is 13.2 Å². The second-order valence-corrected chi connectivity index (χ2v) is 5.20. The van der Waals surface area contributed by atoms with Crippen LogP contribution in [-0.4, -0.2) is 11.5 Å². The fourth-order valence-electron chi connectivity index (χ4n) is 2.85. The maximum Gasteiger partial charge on any atom is 0.573 e. The fourth-order valence-corrected chi connectivity index (χ4v) is 2.85. The SMILES string of the molecule is OC1(c2ccccc2OC(F)(F)F)Cc2ccccc2C1. The van der Waals surface area contributed by atoms with Crippen molar-refractivity contribution in [1.29, 1.82) is 0 Å². The highest BCUT2D eigenvalue weighted by molar-refractivity contribution is 5.45. The van der Waals surface area contributed by atoms with Crippen LogP contribution in [0.3, 0.4) is 0 Å². The van der Waals surface area contributed by atoms with Gasteiger partial charge in [0.15, 0.2) is 0 Å². The van der Waals surface area contributed by atoms with Crippen molar-refractivity contribution in [2.24, 2.45) is 0 Å². The molecule has 0 unspecified atom stereocenters. The Morgan fingerprint density at radius 1 is 0.905 bits per heavy atom. The van der Waals surface area contributed by atoms with Gasteiger partial charge in [0.2, 0.25) is 0 Å². The maximum absolute atomic E-state index is 12.5. The van der Waals surface area contributed by atoms with Crippen molar-refractivity contribution in [3.8, 4) is 5.75 Å². The predicted octanol–water partition coefficient (Wildman–Crippen LogP) is 3.57. The molecule has 2 aromatic rings. The molecule has 1 aliphatic carbocycles. The summed E-state index contributed by atoms with van der Waals surface area (Å²) in [5.74, 6) is -0.347. The molecule has 0 atom stereocenters. The first-order valence-electron chi connectivity index (χ1n) is 6.52. The maximum atomic E-state index is 12.5. The van der Waals surface area contributed by atoms with Crippen LogP contribution in [0.5, 0.6) is 5.75 Å². The van der Waals surface area contributed by atoms with Crippen LogP contribution in [0.25, 0.3) is 0 Å². The lowest BCUT2D eigenvalue weighted by atomic mass is 9.90. The van der Waals surface area contributed by atoms with Gasteiger partial charge < -0.3 is 9.84 Å². The molecule has 110 valence electrons. The van der Waals surface area contributed by atoms with Crippen LogP contribution in [0.2, 0.25) is 0 Å². The zero-order valence-corrected chi connectivity index (χ0v) is 11.0. The largest absolute Gasteiger partial charge is 0.573 e. The molecule has 0 radical (unpaired) electrons. The molecule has 0 amide bonds. The minimum absolute atomic E-state index is 0.165. The summed E-state index contributed by atoms with van der Waals surface area (Å²) in [6, 6.07) is 13.2. The van der Waals surface area contributed by atoms with Gasteiger partial charge in [-0.2, -0.15) is 0 Å². The second kappa shape index (κ2) is 4.77. The summed E-state index contributed by atoms with van der Waals surface area (Å²) in [6.45, 7) is 0. The molecule has 0 heterocycles. The van der Waals surface area contributed by atoms with Gasteiger partial charge in [-0.05, 0) is 17.2 Å². The summed E-state index contributed by atoms with van der Waals surface area (Å²) in [5.41, 5.74) is 0.688. The Bertz CT molecular complexity index is 640. The number of fused-ring (bicyclic) bond motifs is 1. The molecule has 0 bridgehead atoms. The van der Waals surface area contributed by atoms with Gasteiger partial charge in [-0.3, -0.25) is 0 Å². The third kappa shape index (κ3) is 2.74. The monoisotopic (exact) mass is 294 g/mol. The average Bonchev–Trinajstić information content (AvgIpc) is 2.74. The lowest BCUT2D eigenvalue weighted by molar-refractivity contribution is -0.275. The number of rotatable bonds is 2. The number of hydrogen-bond donors (Lipinski definition) is 1. The van der Waals surface area contributed by atoms with Gasteiger partial charge in [0, 0.05) is 18.4 Å². The van der Waals surface area contributed by atoms with Crippen molar-refractivity contribution in [2.45, 2.75) is 24.8 Å². The topological polar surface area (TPSA) is 29.5 Å². The molecule has 0 fully saturated rings. The Labute approximate surface area is 119 Å². The standard InChI is InChI=1S/C16H13F3O2/c17-16(18,19)21-14-8-4-3-7-13(14)15(20)9-11-5-1-2-6-12(11)10-15/h1-8,20H,9-10H2. The van der Waals surface area contributed by atoms with Crippen LogP contribution >= 0.6 is 0 Å². The van der Waals surface area contributed by atoms with E-state index in [9.17, 15) is 18.3 Å². The molecular weight excluding hydrogens is 281 g/mol. The normalized spacial score (nSPS) is 16.6. The highest BCUT2D eigenvalue weighted by Gasteiger charge is 2.41. The number of aliphatic hydroxyl groups is 1. The Morgan fingerprint density at radius 2 is 1.43 bits per heavy atom. The minimum Gasteiger partial charge on any atom is -0.405 e. The molecule has 1 aliphatic rings. The fraction of sp³-hybridized carbons (Fsp3) is 0.250. The van der Waals surface area contributed by atoms with Gasteiger partial charge in [0.1, 0.15) is 11.4 Å². The Hall–Kier alpha value is -2.01. The summed E-state index contributed by atoms with van der Waals surface area (Å²) >= 11 is 0. The molecule has 0 aliphatic heterocycles. The van der Waals surface area contributed by atoms with Crippen molar-refractivity contribution >= 4 is 0 Å². The average molecular weight is 294 g/mol. The van der Waals surface area contributed by atoms with Gasteiger partial charge in [-0.15, -0.1) is 13.2 Å². The third-order valence-corrected chi connectivity index (χ3v) is 3.70. The second-order valence-electron chi connectivity index (χ2n) is 5.20. The Morgan fingerprint density at radius 3 is 2.00 bits per heavy atom. The minimum atomic E-state index is -4.78. The molecular formula is C16H13F3O2. The zero-order chi connectivity index (χ0) is 15.1. The molecule has 0 saturated carbocycles.